The molecule has 0 spiro atoms. The molecule has 0 aliphatic carbocycles. The molecule has 0 saturated carbocycles. The van der Waals surface area contributed by atoms with Crippen LogP contribution in [0.5, 0.6) is 0 Å². The fourth-order valence-corrected chi connectivity index (χ4v) is 1.19. The predicted octanol–water partition coefficient (Wildman–Crippen LogP) is 2.96. The normalized spacial score (nSPS) is 10.5. The van der Waals surface area contributed by atoms with Gasteiger partial charge in [-0.2, -0.15) is 0 Å². The fraction of sp³-hybridized carbons (Fsp3) is 0.900. The number of hydrogen-bond acceptors (Lipinski definition) is 1. The molecule has 0 aromatic rings. The molecular weight excluding hydrogens is 152 g/mol. The van der Waals surface area contributed by atoms with Crippen LogP contribution in [0.15, 0.2) is 0 Å². The Morgan fingerprint density at radius 3 is 1.83 bits per heavy atom. The third-order valence-corrected chi connectivity index (χ3v) is 1.93. The first-order chi connectivity index (χ1) is 5.91. The highest BCUT2D eigenvalue weighted by atomic mass is 16.5. The monoisotopic (exact) mass is 172 g/mol. The molecule has 0 N–H and O–H groups in total. The zero-order chi connectivity index (χ0) is 9.07. The summed E-state index contributed by atoms with van der Waals surface area (Å²) in [6.07, 6.45) is 8.04. The second kappa shape index (κ2) is 10.9. The van der Waals surface area contributed by atoms with Gasteiger partial charge < -0.3 is 4.74 Å². The Morgan fingerprint density at radius 1 is 0.833 bits per heavy atom. The Bertz CT molecular complexity index is 64.2. The lowest BCUT2D eigenvalue weighted by Gasteiger charge is -1.99. The third-order valence-electron chi connectivity index (χ3n) is 1.93. The van der Waals surface area contributed by atoms with Gasteiger partial charge in [-0.3, -0.25) is 0 Å². The zero-order valence-electron chi connectivity index (χ0n) is 7.89. The third kappa shape index (κ3) is 9.92. The first-order valence-corrected chi connectivity index (χ1v) is 4.87. The Balaban J connectivity index is 2.73. The van der Waals surface area contributed by atoms with Crippen LogP contribution in [-0.4, -0.2) is 13.2 Å². The van der Waals surface area contributed by atoms with E-state index in [1.54, 1.807) is 0 Å². The summed E-state index contributed by atoms with van der Waals surface area (Å²) in [4.78, 5) is 0. The quantitative estimate of drug-likeness (QED) is 0.491. The van der Waals surface area contributed by atoms with Gasteiger partial charge >= 0.3 is 0 Å². The lowest BCUT2D eigenvalue weighted by molar-refractivity contribution is 0.185. The van der Waals surface area contributed by atoms with Crippen molar-refractivity contribution in [2.75, 3.05) is 13.2 Å². The highest BCUT2D eigenvalue weighted by Crippen LogP contribution is 2.06. The Hall–Kier alpha value is -0.0800. The lowest BCUT2D eigenvalue weighted by atomic mass is 10.1. The van der Waals surface area contributed by atoms with E-state index in [-0.39, 0.29) is 6.61 Å². The summed E-state index contributed by atoms with van der Waals surface area (Å²) in [5.74, 6) is 0. The molecule has 0 aliphatic heterocycles. The van der Waals surface area contributed by atoms with E-state index < -0.39 is 0 Å². The largest absolute Gasteiger partial charge is 0.379 e. The van der Waals surface area contributed by atoms with Crippen LogP contribution in [0.25, 0.3) is 0 Å². The molecule has 0 fully saturated rings. The summed E-state index contributed by atoms with van der Waals surface area (Å²) in [5, 5.41) is 10.1. The molecule has 0 unspecified atom stereocenters. The molecule has 0 aromatic carbocycles. The predicted molar refractivity (Wildman–Crippen MR) is 49.2 cm³/mol. The van der Waals surface area contributed by atoms with Crippen LogP contribution in [0.3, 0.4) is 0 Å². The molecule has 0 heterocycles. The smallest absolute Gasteiger partial charge is 0.0822 e. The van der Waals surface area contributed by atoms with Gasteiger partial charge in [0.2, 0.25) is 0 Å². The molecule has 0 atom stereocenters. The van der Waals surface area contributed by atoms with Gasteiger partial charge in [-0.15, -0.1) is 0 Å². The average Bonchev–Trinajstić information content (AvgIpc) is 2.10. The molecule has 0 aromatic heterocycles. The molecule has 0 saturated heterocycles. The van der Waals surface area contributed by atoms with Crippen molar-refractivity contribution in [3.8, 4) is 0 Å². The van der Waals surface area contributed by atoms with Crippen molar-refractivity contribution in [3.63, 3.8) is 0 Å². The van der Waals surface area contributed by atoms with E-state index in [2.05, 4.69) is 7.11 Å². The van der Waals surface area contributed by atoms with Crippen molar-refractivity contribution >= 4 is 0 Å². The van der Waals surface area contributed by atoms with Gasteiger partial charge in [0.25, 0.3) is 0 Å². The van der Waals surface area contributed by atoms with Gasteiger partial charge in [0.05, 0.1) is 13.7 Å². The van der Waals surface area contributed by atoms with Crippen LogP contribution in [-0.2, 0) is 9.84 Å². The van der Waals surface area contributed by atoms with E-state index in [1.165, 1.54) is 25.7 Å². The molecule has 72 valence electrons. The van der Waals surface area contributed by atoms with Gasteiger partial charge in [0.1, 0.15) is 0 Å². The Morgan fingerprint density at radius 2 is 1.33 bits per heavy atom. The van der Waals surface area contributed by atoms with Crippen LogP contribution in [0.4, 0.5) is 0 Å². The van der Waals surface area contributed by atoms with Gasteiger partial charge in [-0.05, 0) is 12.8 Å². The molecule has 2 nitrogen and oxygen atoms in total. The van der Waals surface area contributed by atoms with Gasteiger partial charge in [0, 0.05) is 6.61 Å². The van der Waals surface area contributed by atoms with Crippen LogP contribution in [0.1, 0.15) is 44.9 Å². The van der Waals surface area contributed by atoms with E-state index in [0.29, 0.717) is 0 Å². The maximum absolute atomic E-state index is 10.1. The number of rotatable bonds is 9. The lowest BCUT2D eigenvalue weighted by Crippen LogP contribution is -1.87. The minimum absolute atomic E-state index is 0.0926. The molecule has 2 heteroatoms. The van der Waals surface area contributed by atoms with Crippen molar-refractivity contribution in [1.29, 1.82) is 0 Å². The highest BCUT2D eigenvalue weighted by Gasteiger charge is 1.90. The SMILES string of the molecule is [CH2]OCCCCCCCCC[O]. The second-order valence-corrected chi connectivity index (χ2v) is 3.09. The van der Waals surface area contributed by atoms with Gasteiger partial charge in [0.15, 0.2) is 0 Å². The van der Waals surface area contributed by atoms with Crippen LogP contribution in [0.2, 0.25) is 0 Å². The first-order valence-electron chi connectivity index (χ1n) is 4.87. The van der Waals surface area contributed by atoms with Crippen molar-refractivity contribution in [2.24, 2.45) is 0 Å². The standard InChI is InChI=1S/C10H20O2/c1-12-10-8-6-4-2-3-5-7-9-11/h1-10H2. The van der Waals surface area contributed by atoms with E-state index in [1.807, 2.05) is 0 Å². The topological polar surface area (TPSA) is 29.1 Å². The minimum atomic E-state index is 0.0926. The molecular formula is C10H20O2. The summed E-state index contributed by atoms with van der Waals surface area (Å²) in [5.41, 5.74) is 0. The van der Waals surface area contributed by atoms with Crippen LogP contribution < -0.4 is 0 Å². The number of ether oxygens (including phenoxy) is 1. The fourth-order valence-electron chi connectivity index (χ4n) is 1.19. The number of unbranched alkanes of at least 4 members (excludes halogenated alkanes) is 6. The van der Waals surface area contributed by atoms with E-state index in [4.69, 9.17) is 4.74 Å². The summed E-state index contributed by atoms with van der Waals surface area (Å²) in [6, 6.07) is 0. The molecule has 2 radical (unpaired) electrons. The van der Waals surface area contributed by atoms with Gasteiger partial charge in [-0.25, -0.2) is 5.11 Å². The molecule has 12 heavy (non-hydrogen) atoms. The highest BCUT2D eigenvalue weighted by molar-refractivity contribution is 4.45. The van der Waals surface area contributed by atoms with Gasteiger partial charge in [-0.1, -0.05) is 32.1 Å². The summed E-state index contributed by atoms with van der Waals surface area (Å²) < 4.78 is 4.70. The van der Waals surface area contributed by atoms with E-state index >= 15 is 0 Å². The molecule has 0 amide bonds. The Labute approximate surface area is 75.9 Å². The van der Waals surface area contributed by atoms with Crippen molar-refractivity contribution < 1.29 is 9.84 Å². The maximum atomic E-state index is 10.1. The summed E-state index contributed by atoms with van der Waals surface area (Å²) in [7, 11) is 3.31. The maximum Gasteiger partial charge on any atom is 0.0822 e. The molecule has 0 bridgehead atoms. The summed E-state index contributed by atoms with van der Waals surface area (Å²) in [6.45, 7) is 0.871. The van der Waals surface area contributed by atoms with Crippen molar-refractivity contribution in [2.45, 2.75) is 44.9 Å². The van der Waals surface area contributed by atoms with Crippen LogP contribution >= 0.6 is 0 Å². The first kappa shape index (κ1) is 11.9. The Kier molecular flexibility index (Phi) is 10.8. The number of hydrogen-bond donors (Lipinski definition) is 0. The zero-order valence-corrected chi connectivity index (χ0v) is 7.89. The minimum Gasteiger partial charge on any atom is -0.379 e. The second-order valence-electron chi connectivity index (χ2n) is 3.09. The van der Waals surface area contributed by atoms with E-state index in [0.717, 1.165) is 25.9 Å². The van der Waals surface area contributed by atoms with Crippen LogP contribution in [0, 0.1) is 7.11 Å². The van der Waals surface area contributed by atoms with Crippen molar-refractivity contribution in [1.82, 2.24) is 0 Å². The van der Waals surface area contributed by atoms with E-state index in [9.17, 15) is 5.11 Å². The molecule has 0 aliphatic rings. The van der Waals surface area contributed by atoms with Crippen molar-refractivity contribution in [3.05, 3.63) is 7.11 Å². The average molecular weight is 172 g/mol. The molecule has 0 rings (SSSR count). The summed E-state index contributed by atoms with van der Waals surface area (Å²) >= 11 is 0.